The molecule has 74 valence electrons. The minimum absolute atomic E-state index is 0.120. The Morgan fingerprint density at radius 1 is 1.46 bits per heavy atom. The first-order chi connectivity index (χ1) is 6.12. The van der Waals surface area contributed by atoms with Crippen molar-refractivity contribution in [2.45, 2.75) is 51.4 Å². The van der Waals surface area contributed by atoms with Crippen molar-refractivity contribution in [2.75, 3.05) is 6.61 Å². The first kappa shape index (κ1) is 10.5. The molecule has 0 bridgehead atoms. The maximum Gasteiger partial charge on any atom is 0.159 e. The quantitative estimate of drug-likeness (QED) is 0.656. The Labute approximate surface area is 79.6 Å². The van der Waals surface area contributed by atoms with E-state index >= 15 is 0 Å². The van der Waals surface area contributed by atoms with Gasteiger partial charge in [0, 0.05) is 19.4 Å². The third-order valence-electron chi connectivity index (χ3n) is 2.32. The summed E-state index contributed by atoms with van der Waals surface area (Å²) in [5.41, 5.74) is -0.605. The van der Waals surface area contributed by atoms with E-state index < -0.39 is 5.60 Å². The molecule has 0 saturated carbocycles. The van der Waals surface area contributed by atoms with Gasteiger partial charge in [0.25, 0.3) is 0 Å². The monoisotopic (exact) mass is 183 g/mol. The molecule has 1 fully saturated rings. The van der Waals surface area contributed by atoms with E-state index in [9.17, 15) is 0 Å². The molecule has 2 atom stereocenters. The number of nitriles is 1. The highest BCUT2D eigenvalue weighted by atomic mass is 16.5. The van der Waals surface area contributed by atoms with Crippen LogP contribution in [-0.2, 0) is 9.47 Å². The largest absolute Gasteiger partial charge is 0.375 e. The van der Waals surface area contributed by atoms with Gasteiger partial charge in [-0.1, -0.05) is 0 Å². The van der Waals surface area contributed by atoms with E-state index in [-0.39, 0.29) is 12.2 Å². The topological polar surface area (TPSA) is 42.2 Å². The highest BCUT2D eigenvalue weighted by Gasteiger charge is 2.39. The highest BCUT2D eigenvalue weighted by molar-refractivity contribution is 5.05. The molecule has 0 spiro atoms. The smallest absolute Gasteiger partial charge is 0.159 e. The molecule has 0 radical (unpaired) electrons. The molecule has 0 aromatic carbocycles. The lowest BCUT2D eigenvalue weighted by Gasteiger charge is -2.37. The van der Waals surface area contributed by atoms with E-state index in [4.69, 9.17) is 14.7 Å². The van der Waals surface area contributed by atoms with Gasteiger partial charge in [0.2, 0.25) is 0 Å². The molecule has 0 aromatic rings. The van der Waals surface area contributed by atoms with Crippen LogP contribution in [0.2, 0.25) is 0 Å². The van der Waals surface area contributed by atoms with E-state index in [1.807, 2.05) is 20.8 Å². The number of nitrogens with zero attached hydrogens (tertiary/aromatic N) is 1. The summed E-state index contributed by atoms with van der Waals surface area (Å²) in [6.45, 7) is 6.48. The minimum atomic E-state index is -0.605. The van der Waals surface area contributed by atoms with Gasteiger partial charge < -0.3 is 9.47 Å². The predicted octanol–water partition coefficient (Wildman–Crippen LogP) is 1.87. The zero-order chi connectivity index (χ0) is 9.90. The average Bonchev–Trinajstić information content (AvgIpc) is 2.03. The van der Waals surface area contributed by atoms with E-state index in [1.165, 1.54) is 0 Å². The zero-order valence-electron chi connectivity index (χ0n) is 8.54. The fourth-order valence-electron chi connectivity index (χ4n) is 2.02. The molecule has 1 aliphatic rings. The van der Waals surface area contributed by atoms with Crippen molar-refractivity contribution >= 4 is 0 Å². The fraction of sp³-hybridized carbons (Fsp3) is 0.900. The van der Waals surface area contributed by atoms with Crippen LogP contribution in [0.3, 0.4) is 0 Å². The summed E-state index contributed by atoms with van der Waals surface area (Å²) in [7, 11) is 0. The molecule has 1 heterocycles. The van der Waals surface area contributed by atoms with Crippen LogP contribution in [0, 0.1) is 11.3 Å². The number of ether oxygens (including phenoxy) is 2. The summed E-state index contributed by atoms with van der Waals surface area (Å²) in [4.78, 5) is 0. The summed E-state index contributed by atoms with van der Waals surface area (Å²) in [5.74, 6) is 0. The van der Waals surface area contributed by atoms with Crippen LogP contribution in [0.5, 0.6) is 0 Å². The maximum absolute atomic E-state index is 9.08. The van der Waals surface area contributed by atoms with Crippen LogP contribution >= 0.6 is 0 Å². The summed E-state index contributed by atoms with van der Waals surface area (Å²) in [5, 5.41) is 9.08. The molecule has 1 saturated heterocycles. The van der Waals surface area contributed by atoms with Gasteiger partial charge in [-0.05, 0) is 20.8 Å². The number of rotatable bonds is 2. The Morgan fingerprint density at radius 3 is 2.38 bits per heavy atom. The molecule has 2 unspecified atom stereocenters. The molecule has 3 heteroatoms. The number of hydrogen-bond donors (Lipinski definition) is 0. The predicted molar refractivity (Wildman–Crippen MR) is 49.2 cm³/mol. The maximum atomic E-state index is 9.08. The van der Waals surface area contributed by atoms with Gasteiger partial charge in [0.15, 0.2) is 5.60 Å². The third-order valence-corrected chi connectivity index (χ3v) is 2.32. The Kier molecular flexibility index (Phi) is 3.29. The Bertz CT molecular complexity index is 199. The molecule has 1 rings (SSSR count). The van der Waals surface area contributed by atoms with Crippen molar-refractivity contribution in [1.29, 1.82) is 5.26 Å². The van der Waals surface area contributed by atoms with Crippen LogP contribution in [-0.4, -0.2) is 24.4 Å². The second-order valence-electron chi connectivity index (χ2n) is 3.70. The molecule has 0 N–H and O–H groups in total. The lowest BCUT2D eigenvalue weighted by atomic mass is 9.89. The molecular formula is C10H17NO2. The van der Waals surface area contributed by atoms with Gasteiger partial charge in [0.05, 0.1) is 18.3 Å². The molecule has 0 aliphatic carbocycles. The van der Waals surface area contributed by atoms with Gasteiger partial charge in [-0.3, -0.25) is 0 Å². The van der Waals surface area contributed by atoms with Gasteiger partial charge in [-0.25, -0.2) is 0 Å². The van der Waals surface area contributed by atoms with Crippen LogP contribution < -0.4 is 0 Å². The van der Waals surface area contributed by atoms with Crippen LogP contribution in [0.1, 0.15) is 33.6 Å². The molecule has 13 heavy (non-hydrogen) atoms. The van der Waals surface area contributed by atoms with Crippen molar-refractivity contribution in [2.24, 2.45) is 0 Å². The van der Waals surface area contributed by atoms with Crippen LogP contribution in [0.25, 0.3) is 0 Å². The zero-order valence-corrected chi connectivity index (χ0v) is 8.54. The van der Waals surface area contributed by atoms with Gasteiger partial charge in [0.1, 0.15) is 0 Å². The van der Waals surface area contributed by atoms with Crippen molar-refractivity contribution in [3.63, 3.8) is 0 Å². The average molecular weight is 183 g/mol. The lowest BCUT2D eigenvalue weighted by Crippen LogP contribution is -2.44. The van der Waals surface area contributed by atoms with Gasteiger partial charge in [-0.15, -0.1) is 0 Å². The fourth-order valence-corrected chi connectivity index (χ4v) is 2.02. The molecule has 0 amide bonds. The molecular weight excluding hydrogens is 166 g/mol. The van der Waals surface area contributed by atoms with E-state index in [2.05, 4.69) is 6.07 Å². The Morgan fingerprint density at radius 2 is 2.00 bits per heavy atom. The summed E-state index contributed by atoms with van der Waals surface area (Å²) >= 11 is 0. The minimum Gasteiger partial charge on any atom is -0.375 e. The van der Waals surface area contributed by atoms with E-state index in [0.29, 0.717) is 19.4 Å². The summed E-state index contributed by atoms with van der Waals surface area (Å²) in [6, 6.07) is 2.28. The Balaban J connectivity index is 2.69. The van der Waals surface area contributed by atoms with E-state index in [0.717, 1.165) is 0 Å². The SMILES string of the molecule is CCOC1(C#N)CC(C)OC(C)C1. The molecule has 3 nitrogen and oxygen atoms in total. The second kappa shape index (κ2) is 4.08. The number of hydrogen-bond acceptors (Lipinski definition) is 3. The normalized spacial score (nSPS) is 39.8. The Hall–Kier alpha value is -0.590. The standard InChI is InChI=1S/C10H17NO2/c1-4-12-10(7-11)5-8(2)13-9(3)6-10/h8-9H,4-6H2,1-3H3. The first-order valence-electron chi connectivity index (χ1n) is 4.82. The highest BCUT2D eigenvalue weighted by Crippen LogP contribution is 2.31. The van der Waals surface area contributed by atoms with Crippen LogP contribution in [0.15, 0.2) is 0 Å². The lowest BCUT2D eigenvalue weighted by molar-refractivity contribution is -0.131. The van der Waals surface area contributed by atoms with Crippen molar-refractivity contribution < 1.29 is 9.47 Å². The molecule has 1 aliphatic heterocycles. The first-order valence-corrected chi connectivity index (χ1v) is 4.82. The second-order valence-corrected chi connectivity index (χ2v) is 3.70. The van der Waals surface area contributed by atoms with Crippen LogP contribution in [0.4, 0.5) is 0 Å². The summed E-state index contributed by atoms with van der Waals surface area (Å²) in [6.07, 6.45) is 1.61. The van der Waals surface area contributed by atoms with Crippen molar-refractivity contribution in [3.05, 3.63) is 0 Å². The third kappa shape index (κ3) is 2.43. The van der Waals surface area contributed by atoms with Crippen molar-refractivity contribution in [1.82, 2.24) is 0 Å². The van der Waals surface area contributed by atoms with Crippen molar-refractivity contribution in [3.8, 4) is 6.07 Å². The van der Waals surface area contributed by atoms with Gasteiger partial charge in [-0.2, -0.15) is 5.26 Å². The van der Waals surface area contributed by atoms with Gasteiger partial charge >= 0.3 is 0 Å². The van der Waals surface area contributed by atoms with E-state index in [1.54, 1.807) is 0 Å². The summed E-state index contributed by atoms with van der Waals surface area (Å²) < 4.78 is 11.1. The molecule has 0 aromatic heterocycles.